The van der Waals surface area contributed by atoms with Crippen LogP contribution in [0.1, 0.15) is 30.3 Å². The Morgan fingerprint density at radius 1 is 0.804 bits per heavy atom. The van der Waals surface area contributed by atoms with Crippen molar-refractivity contribution in [3.63, 3.8) is 0 Å². The number of benzene rings is 2. The molecule has 0 saturated carbocycles. The molecule has 2 fully saturated rings. The number of esters is 1. The summed E-state index contributed by atoms with van der Waals surface area (Å²) in [6.45, 7) is -0.734. The summed E-state index contributed by atoms with van der Waals surface area (Å²) in [6, 6.07) is 7.25. The Labute approximate surface area is 259 Å². The Bertz CT molecular complexity index is 1630. The van der Waals surface area contributed by atoms with Crippen molar-refractivity contribution in [3.05, 3.63) is 51.7 Å². The number of carbonyl (C=O) groups is 1. The first-order valence-corrected chi connectivity index (χ1v) is 14.1. The van der Waals surface area contributed by atoms with E-state index in [-0.39, 0.29) is 5.76 Å². The van der Waals surface area contributed by atoms with Crippen molar-refractivity contribution in [2.75, 3.05) is 20.3 Å². The summed E-state index contributed by atoms with van der Waals surface area (Å²) in [5.41, 5.74) is -2.34. The lowest BCUT2D eigenvalue weighted by atomic mass is 9.85. The predicted molar refractivity (Wildman–Crippen MR) is 153 cm³/mol. The lowest BCUT2D eigenvalue weighted by Gasteiger charge is -2.43. The zero-order chi connectivity index (χ0) is 33.6. The quantitative estimate of drug-likeness (QED) is 0.131. The van der Waals surface area contributed by atoms with Crippen LogP contribution in [0.3, 0.4) is 0 Å². The molecule has 9 N–H and O–H groups in total. The second-order valence-electron chi connectivity index (χ2n) is 11.0. The summed E-state index contributed by atoms with van der Waals surface area (Å²) in [5.74, 6) is -2.53. The van der Waals surface area contributed by atoms with E-state index < -0.39 is 119 Å². The van der Waals surface area contributed by atoms with Crippen molar-refractivity contribution in [1.29, 1.82) is 0 Å². The van der Waals surface area contributed by atoms with Gasteiger partial charge in [0.2, 0.25) is 0 Å². The third-order valence-electron chi connectivity index (χ3n) is 8.20. The fourth-order valence-electron chi connectivity index (χ4n) is 5.82. The highest BCUT2D eigenvalue weighted by atomic mass is 16.6. The molecule has 2 aliphatic heterocycles. The van der Waals surface area contributed by atoms with E-state index in [1.165, 1.54) is 7.11 Å². The van der Waals surface area contributed by atoms with E-state index in [9.17, 15) is 55.5 Å². The Morgan fingerprint density at radius 3 is 1.96 bits per heavy atom. The number of methoxy groups -OCH3 is 1. The van der Waals surface area contributed by atoms with E-state index in [2.05, 4.69) is 0 Å². The van der Waals surface area contributed by atoms with E-state index in [0.29, 0.717) is 11.3 Å². The minimum atomic E-state index is -2.04. The van der Waals surface area contributed by atoms with Gasteiger partial charge in [-0.15, -0.1) is 0 Å². The summed E-state index contributed by atoms with van der Waals surface area (Å²) in [4.78, 5) is 25.8. The van der Waals surface area contributed by atoms with Gasteiger partial charge in [0, 0.05) is 18.6 Å². The van der Waals surface area contributed by atoms with Gasteiger partial charge in [-0.3, -0.25) is 9.59 Å². The van der Waals surface area contributed by atoms with Crippen LogP contribution in [0.5, 0.6) is 17.2 Å². The Balaban J connectivity index is 1.84. The zero-order valence-electron chi connectivity index (χ0n) is 24.5. The number of rotatable bonds is 7. The Kier molecular flexibility index (Phi) is 9.55. The number of phenolic OH excluding ortho intramolecular Hbond substituents is 2. The number of fused-ring (bicyclic) bond motifs is 1. The molecule has 0 unspecified atom stereocenters. The summed E-state index contributed by atoms with van der Waals surface area (Å²) < 4.78 is 27.9. The molecule has 16 nitrogen and oxygen atoms in total. The van der Waals surface area contributed by atoms with Gasteiger partial charge in [-0.1, -0.05) is 0 Å². The monoisotopic (exact) mass is 650 g/mol. The molecule has 2 aliphatic rings. The SMILES string of the molecule is COc1ccc(-c2cc(=O)c3c(O)c([C@@H]4O[C@H](CO)[C@@H](O)[C@H](O)[C@H]4O)c(O)c([C@@H]4O[C@H](CO)[C@@H](O)[C@H](O)[C@H]4OC(C)=O)c3o2)cc1. The van der Waals surface area contributed by atoms with Gasteiger partial charge in [-0.05, 0) is 24.3 Å². The molecule has 250 valence electrons. The molecular formula is C30H34O16. The number of hydrogen-bond donors (Lipinski definition) is 9. The van der Waals surface area contributed by atoms with Gasteiger partial charge in [-0.2, -0.15) is 0 Å². The van der Waals surface area contributed by atoms with Gasteiger partial charge in [0.05, 0.1) is 31.5 Å². The van der Waals surface area contributed by atoms with E-state index in [0.717, 1.165) is 13.0 Å². The van der Waals surface area contributed by atoms with Crippen molar-refractivity contribution in [1.82, 2.24) is 0 Å². The second kappa shape index (κ2) is 13.1. The third-order valence-corrected chi connectivity index (χ3v) is 8.20. The molecule has 1 aromatic heterocycles. The molecule has 10 atom stereocenters. The van der Waals surface area contributed by atoms with E-state index in [4.69, 9.17) is 23.4 Å². The van der Waals surface area contributed by atoms with E-state index >= 15 is 0 Å². The van der Waals surface area contributed by atoms with Crippen LogP contribution in [0.4, 0.5) is 0 Å². The first kappa shape index (κ1) is 33.5. The zero-order valence-corrected chi connectivity index (χ0v) is 24.5. The fourth-order valence-corrected chi connectivity index (χ4v) is 5.82. The number of ether oxygens (including phenoxy) is 4. The molecule has 0 spiro atoms. The highest BCUT2D eigenvalue weighted by molar-refractivity contribution is 5.92. The average Bonchev–Trinajstić information content (AvgIpc) is 3.03. The van der Waals surface area contributed by atoms with Crippen LogP contribution in [-0.2, 0) is 19.0 Å². The highest BCUT2D eigenvalue weighted by Crippen LogP contribution is 2.51. The molecule has 46 heavy (non-hydrogen) atoms. The van der Waals surface area contributed by atoms with Crippen LogP contribution in [0.15, 0.2) is 39.5 Å². The van der Waals surface area contributed by atoms with E-state index in [1.807, 2.05) is 0 Å². The minimum absolute atomic E-state index is 0.0834. The molecule has 2 aromatic carbocycles. The average molecular weight is 651 g/mol. The predicted octanol–water partition coefficient (Wildman–Crippen LogP) is -1.52. The fraction of sp³-hybridized carbons (Fsp3) is 0.467. The van der Waals surface area contributed by atoms with Crippen molar-refractivity contribution >= 4 is 16.9 Å². The van der Waals surface area contributed by atoms with Gasteiger partial charge in [0.15, 0.2) is 17.1 Å². The molecule has 3 aromatic rings. The van der Waals surface area contributed by atoms with Crippen molar-refractivity contribution in [3.8, 4) is 28.6 Å². The molecule has 0 radical (unpaired) electrons. The topological polar surface area (TPSA) is 266 Å². The molecule has 0 amide bonds. The lowest BCUT2D eigenvalue weighted by molar-refractivity contribution is -0.241. The first-order valence-electron chi connectivity index (χ1n) is 14.1. The van der Waals surface area contributed by atoms with Crippen LogP contribution in [0, 0.1) is 0 Å². The molecule has 0 aliphatic carbocycles. The summed E-state index contributed by atoms with van der Waals surface area (Å²) in [6.07, 6.45) is -18.0. The van der Waals surface area contributed by atoms with Crippen LogP contribution < -0.4 is 10.2 Å². The van der Waals surface area contributed by atoms with Gasteiger partial charge in [-0.25, -0.2) is 0 Å². The molecule has 3 heterocycles. The normalized spacial score (nSPS) is 31.5. The van der Waals surface area contributed by atoms with E-state index in [1.54, 1.807) is 24.3 Å². The van der Waals surface area contributed by atoms with Gasteiger partial charge >= 0.3 is 5.97 Å². The largest absolute Gasteiger partial charge is 0.507 e. The maximum absolute atomic E-state index is 13.7. The number of phenols is 2. The Hall–Kier alpha value is -3.84. The number of aromatic hydroxyl groups is 2. The molecule has 5 rings (SSSR count). The van der Waals surface area contributed by atoms with Gasteiger partial charge in [0.1, 0.15) is 83.3 Å². The van der Waals surface area contributed by atoms with Crippen LogP contribution in [0.25, 0.3) is 22.3 Å². The maximum Gasteiger partial charge on any atom is 0.303 e. The Morgan fingerprint density at radius 2 is 1.39 bits per heavy atom. The number of aliphatic hydroxyl groups excluding tert-OH is 7. The number of aliphatic hydroxyl groups is 7. The van der Waals surface area contributed by atoms with Crippen LogP contribution >= 0.6 is 0 Å². The second-order valence-corrected chi connectivity index (χ2v) is 11.0. The maximum atomic E-state index is 13.7. The summed E-state index contributed by atoms with van der Waals surface area (Å²) in [5, 5.41) is 95.4. The summed E-state index contributed by atoms with van der Waals surface area (Å²) in [7, 11) is 1.45. The third kappa shape index (κ3) is 5.68. The number of carbonyl (C=O) groups excluding carboxylic acids is 1. The highest BCUT2D eigenvalue weighted by Gasteiger charge is 2.51. The summed E-state index contributed by atoms with van der Waals surface area (Å²) >= 11 is 0. The lowest BCUT2D eigenvalue weighted by Crippen LogP contribution is -2.56. The molecule has 16 heteroatoms. The smallest absolute Gasteiger partial charge is 0.303 e. The van der Waals surface area contributed by atoms with Gasteiger partial charge < -0.3 is 69.3 Å². The number of hydrogen-bond acceptors (Lipinski definition) is 16. The van der Waals surface area contributed by atoms with Crippen LogP contribution in [-0.4, -0.2) is 121 Å². The van der Waals surface area contributed by atoms with Crippen LogP contribution in [0.2, 0.25) is 0 Å². The first-order chi connectivity index (χ1) is 21.8. The minimum Gasteiger partial charge on any atom is -0.507 e. The molecular weight excluding hydrogens is 616 g/mol. The van der Waals surface area contributed by atoms with Gasteiger partial charge in [0.25, 0.3) is 0 Å². The van der Waals surface area contributed by atoms with Crippen molar-refractivity contribution in [2.24, 2.45) is 0 Å². The standard InChI is InChI=1S/C30H34O16/c1-10(33)43-30-25(40)21(36)16(9-32)46-29(30)19-23(38)18(28-26(41)24(39)20(35)15(8-31)45-28)22(37)17-13(34)7-14(44-27(17)19)11-3-5-12(42-2)6-4-11/h3-7,15-16,20-21,24-26,28-32,35-41H,8-9H2,1-2H3/t15-,16-,20-,21-,24+,25+,26-,28+,29+,30-/m1/s1. The molecule has 2 saturated heterocycles. The molecule has 0 bridgehead atoms. The van der Waals surface area contributed by atoms with Crippen molar-refractivity contribution < 1.29 is 74.1 Å². The van der Waals surface area contributed by atoms with Crippen molar-refractivity contribution in [2.45, 2.75) is 68.0 Å².